The molecule has 23 heavy (non-hydrogen) atoms. The molecule has 0 spiro atoms. The molecule has 7 nitrogen and oxygen atoms in total. The van der Waals surface area contributed by atoms with E-state index in [1.54, 1.807) is 18.3 Å². The maximum absolute atomic E-state index is 11.0. The fourth-order valence-corrected chi connectivity index (χ4v) is 1.93. The lowest BCUT2D eigenvalue weighted by Gasteiger charge is -2.07. The molecular weight excluding hydrogens is 312 g/mol. The quantitative estimate of drug-likeness (QED) is 0.451. The standard InChI is InChI=1S/C15H16N6OS/c1-9-4-3-7-17-14(9)21-15(23)20-13(16)12-6-5-11(8-18-12)19-10(2)22/h3-8H,1-2H3,(H,19,22)(H3,16,17,20,21,23). The maximum atomic E-state index is 11.0. The molecule has 2 aromatic rings. The molecule has 118 valence electrons. The molecular formula is C15H16N6OS. The van der Waals surface area contributed by atoms with Gasteiger partial charge in [0, 0.05) is 13.1 Å². The van der Waals surface area contributed by atoms with Crippen LogP contribution in [0, 0.1) is 6.92 Å². The number of pyridine rings is 2. The minimum Gasteiger partial charge on any atom is -0.382 e. The van der Waals surface area contributed by atoms with Crippen LogP contribution in [0.1, 0.15) is 18.2 Å². The zero-order valence-corrected chi connectivity index (χ0v) is 13.5. The molecule has 2 aromatic heterocycles. The van der Waals surface area contributed by atoms with Gasteiger partial charge in [0.25, 0.3) is 0 Å². The van der Waals surface area contributed by atoms with Crippen molar-refractivity contribution in [1.82, 2.24) is 9.97 Å². The molecule has 0 radical (unpaired) electrons. The normalized spacial score (nSPS) is 11.0. The molecule has 4 N–H and O–H groups in total. The number of thiocarbonyl (C=S) groups is 1. The van der Waals surface area contributed by atoms with Crippen LogP contribution in [0.5, 0.6) is 0 Å². The van der Waals surface area contributed by atoms with E-state index in [9.17, 15) is 4.79 Å². The molecule has 1 amide bonds. The van der Waals surface area contributed by atoms with Crippen molar-refractivity contribution < 1.29 is 4.79 Å². The number of nitrogens with zero attached hydrogens (tertiary/aromatic N) is 3. The van der Waals surface area contributed by atoms with Gasteiger partial charge in [-0.3, -0.25) is 9.78 Å². The smallest absolute Gasteiger partial charge is 0.221 e. The third kappa shape index (κ3) is 4.82. The van der Waals surface area contributed by atoms with Crippen molar-refractivity contribution in [1.29, 1.82) is 0 Å². The van der Waals surface area contributed by atoms with Crippen molar-refractivity contribution >= 4 is 40.6 Å². The fourth-order valence-electron chi connectivity index (χ4n) is 1.74. The van der Waals surface area contributed by atoms with E-state index in [0.29, 0.717) is 17.2 Å². The summed E-state index contributed by atoms with van der Waals surface area (Å²) in [5, 5.41) is 5.73. The summed E-state index contributed by atoms with van der Waals surface area (Å²) in [5.74, 6) is 0.630. The van der Waals surface area contributed by atoms with Crippen LogP contribution in [0.25, 0.3) is 0 Å². The highest BCUT2D eigenvalue weighted by atomic mass is 32.1. The van der Waals surface area contributed by atoms with Crippen LogP contribution in [0.15, 0.2) is 41.7 Å². The Bertz CT molecular complexity index is 757. The van der Waals surface area contributed by atoms with Crippen molar-refractivity contribution in [3.8, 4) is 0 Å². The molecule has 0 fully saturated rings. The molecule has 0 bridgehead atoms. The van der Waals surface area contributed by atoms with Gasteiger partial charge in [-0.15, -0.1) is 0 Å². The SMILES string of the molecule is CC(=O)Nc1ccc(/C(N)=N/C(=S)Nc2ncccc2C)nc1. The van der Waals surface area contributed by atoms with E-state index in [1.807, 2.05) is 19.1 Å². The van der Waals surface area contributed by atoms with E-state index in [0.717, 1.165) is 5.56 Å². The van der Waals surface area contributed by atoms with Crippen LogP contribution in [0.2, 0.25) is 0 Å². The van der Waals surface area contributed by atoms with Crippen LogP contribution < -0.4 is 16.4 Å². The zero-order chi connectivity index (χ0) is 16.8. The molecule has 0 saturated heterocycles. The molecule has 0 aliphatic carbocycles. The van der Waals surface area contributed by atoms with Crippen molar-refractivity contribution in [3.63, 3.8) is 0 Å². The predicted octanol–water partition coefficient (Wildman–Crippen LogP) is 1.85. The predicted molar refractivity (Wildman–Crippen MR) is 94.5 cm³/mol. The summed E-state index contributed by atoms with van der Waals surface area (Å²) < 4.78 is 0. The lowest BCUT2D eigenvalue weighted by Crippen LogP contribution is -2.20. The average Bonchev–Trinajstić information content (AvgIpc) is 2.49. The number of nitrogens with two attached hydrogens (primary N) is 1. The third-order valence-electron chi connectivity index (χ3n) is 2.80. The van der Waals surface area contributed by atoms with Gasteiger partial charge in [0.15, 0.2) is 10.9 Å². The molecule has 0 aliphatic heterocycles. The molecule has 8 heteroatoms. The Morgan fingerprint density at radius 3 is 2.65 bits per heavy atom. The number of anilines is 2. The summed E-state index contributed by atoms with van der Waals surface area (Å²) in [4.78, 5) is 23.4. The number of aromatic nitrogens is 2. The number of hydrogen-bond donors (Lipinski definition) is 3. The Balaban J connectivity index is 2.08. The lowest BCUT2D eigenvalue weighted by atomic mass is 10.3. The highest BCUT2D eigenvalue weighted by molar-refractivity contribution is 7.80. The number of aryl methyl sites for hydroxylation is 1. The zero-order valence-electron chi connectivity index (χ0n) is 12.7. The summed E-state index contributed by atoms with van der Waals surface area (Å²) in [6.07, 6.45) is 3.16. The second-order valence-electron chi connectivity index (χ2n) is 4.71. The molecule has 0 unspecified atom stereocenters. The van der Waals surface area contributed by atoms with Gasteiger partial charge in [-0.05, 0) is 42.9 Å². The summed E-state index contributed by atoms with van der Waals surface area (Å²) >= 11 is 5.15. The second-order valence-corrected chi connectivity index (χ2v) is 5.10. The van der Waals surface area contributed by atoms with Crippen LogP contribution in [0.4, 0.5) is 11.5 Å². The number of aliphatic imine (C=N–C) groups is 1. The first kappa shape index (κ1) is 16.5. The summed E-state index contributed by atoms with van der Waals surface area (Å²) in [6, 6.07) is 7.08. The highest BCUT2D eigenvalue weighted by Crippen LogP contribution is 2.10. The largest absolute Gasteiger partial charge is 0.382 e. The minimum atomic E-state index is -0.169. The van der Waals surface area contributed by atoms with E-state index >= 15 is 0 Å². The fraction of sp³-hybridized carbons (Fsp3) is 0.133. The molecule has 2 rings (SSSR count). The van der Waals surface area contributed by atoms with Crippen LogP contribution in [-0.2, 0) is 4.79 Å². The van der Waals surface area contributed by atoms with Gasteiger partial charge in [0.2, 0.25) is 5.91 Å². The van der Waals surface area contributed by atoms with Gasteiger partial charge < -0.3 is 16.4 Å². The number of carbonyl (C=O) groups excluding carboxylic acids is 1. The number of amidine groups is 1. The molecule has 2 heterocycles. The number of hydrogen-bond acceptors (Lipinski definition) is 4. The minimum absolute atomic E-state index is 0.169. The van der Waals surface area contributed by atoms with E-state index in [2.05, 4.69) is 25.6 Å². The summed E-state index contributed by atoms with van der Waals surface area (Å²) in [6.45, 7) is 3.33. The van der Waals surface area contributed by atoms with Gasteiger partial charge in [-0.1, -0.05) is 6.07 Å². The van der Waals surface area contributed by atoms with E-state index < -0.39 is 0 Å². The first-order valence-electron chi connectivity index (χ1n) is 6.76. The summed E-state index contributed by atoms with van der Waals surface area (Å²) in [7, 11) is 0. The second kappa shape index (κ2) is 7.41. The van der Waals surface area contributed by atoms with Gasteiger partial charge in [-0.2, -0.15) is 0 Å². The van der Waals surface area contributed by atoms with Crippen molar-refractivity contribution in [2.75, 3.05) is 10.6 Å². The maximum Gasteiger partial charge on any atom is 0.221 e. The lowest BCUT2D eigenvalue weighted by molar-refractivity contribution is -0.114. The van der Waals surface area contributed by atoms with Crippen LogP contribution in [0.3, 0.4) is 0 Å². The molecule has 0 aromatic carbocycles. The first-order chi connectivity index (χ1) is 11.0. The van der Waals surface area contributed by atoms with E-state index in [1.165, 1.54) is 13.1 Å². The van der Waals surface area contributed by atoms with Crippen molar-refractivity contribution in [3.05, 3.63) is 47.9 Å². The topological polar surface area (TPSA) is 105 Å². The Kier molecular flexibility index (Phi) is 5.32. The monoisotopic (exact) mass is 328 g/mol. The van der Waals surface area contributed by atoms with Gasteiger partial charge in [-0.25, -0.2) is 9.98 Å². The van der Waals surface area contributed by atoms with Crippen molar-refractivity contribution in [2.24, 2.45) is 10.7 Å². The van der Waals surface area contributed by atoms with E-state index in [-0.39, 0.29) is 16.9 Å². The number of rotatable bonds is 3. The van der Waals surface area contributed by atoms with Crippen molar-refractivity contribution in [2.45, 2.75) is 13.8 Å². The number of carbonyl (C=O) groups is 1. The number of amides is 1. The Morgan fingerprint density at radius 2 is 2.04 bits per heavy atom. The molecule has 0 saturated carbocycles. The Hall–Kier alpha value is -2.87. The van der Waals surface area contributed by atoms with Crippen LogP contribution >= 0.6 is 12.2 Å². The van der Waals surface area contributed by atoms with Gasteiger partial charge in [0.1, 0.15) is 11.5 Å². The molecule has 0 atom stereocenters. The average molecular weight is 328 g/mol. The molecule has 0 aliphatic rings. The Labute approximate surface area is 139 Å². The third-order valence-corrected chi connectivity index (χ3v) is 3.00. The van der Waals surface area contributed by atoms with Gasteiger partial charge in [0.05, 0.1) is 11.9 Å². The van der Waals surface area contributed by atoms with E-state index in [4.69, 9.17) is 18.0 Å². The summed E-state index contributed by atoms with van der Waals surface area (Å²) in [5.41, 5.74) is 7.88. The van der Waals surface area contributed by atoms with Crippen LogP contribution in [-0.4, -0.2) is 26.8 Å². The first-order valence-corrected chi connectivity index (χ1v) is 7.17. The number of nitrogens with one attached hydrogen (secondary N) is 2. The Morgan fingerprint density at radius 1 is 1.26 bits per heavy atom. The highest BCUT2D eigenvalue weighted by Gasteiger charge is 2.05. The van der Waals surface area contributed by atoms with Gasteiger partial charge >= 0.3 is 0 Å².